The van der Waals surface area contributed by atoms with Crippen LogP contribution in [0.2, 0.25) is 0 Å². The normalized spacial score (nSPS) is 22.1. The van der Waals surface area contributed by atoms with Gasteiger partial charge in [0, 0.05) is 30.0 Å². The van der Waals surface area contributed by atoms with Crippen LogP contribution in [0.4, 0.5) is 0 Å². The standard InChI is InChI=1S/C14H12BrNO3/c1-16-8-7-14(19,13(16)18)6-5-12(17)10-3-2-4-11(15)9-10/h2-4,9,19H,7-8H2,1H3. The number of ketones is 1. The Labute approximate surface area is 119 Å². The summed E-state index contributed by atoms with van der Waals surface area (Å²) >= 11 is 3.27. The molecule has 1 aromatic rings. The highest BCUT2D eigenvalue weighted by Crippen LogP contribution is 2.20. The average Bonchev–Trinajstić information content (AvgIpc) is 2.65. The maximum atomic E-state index is 11.9. The first-order valence-corrected chi connectivity index (χ1v) is 6.53. The van der Waals surface area contributed by atoms with Crippen LogP contribution in [0.15, 0.2) is 28.7 Å². The summed E-state index contributed by atoms with van der Waals surface area (Å²) in [7, 11) is 1.60. The SMILES string of the molecule is CN1CCC(O)(C#CC(=O)c2cccc(Br)c2)C1=O. The van der Waals surface area contributed by atoms with E-state index in [1.807, 2.05) is 0 Å². The molecule has 0 radical (unpaired) electrons. The van der Waals surface area contributed by atoms with Gasteiger partial charge in [-0.3, -0.25) is 9.59 Å². The minimum Gasteiger partial charge on any atom is -0.369 e. The molecule has 1 heterocycles. The minimum atomic E-state index is -1.73. The highest BCUT2D eigenvalue weighted by Gasteiger charge is 2.42. The number of hydrogen-bond acceptors (Lipinski definition) is 3. The summed E-state index contributed by atoms with van der Waals surface area (Å²) in [5, 5.41) is 10.1. The predicted octanol–water partition coefficient (Wildman–Crippen LogP) is 1.23. The molecule has 2 rings (SSSR count). The Hall–Kier alpha value is -1.64. The van der Waals surface area contributed by atoms with Crippen molar-refractivity contribution in [2.75, 3.05) is 13.6 Å². The number of halogens is 1. The molecule has 0 aromatic heterocycles. The lowest BCUT2D eigenvalue weighted by Gasteiger charge is -2.12. The maximum absolute atomic E-state index is 11.9. The first-order valence-electron chi connectivity index (χ1n) is 5.73. The van der Waals surface area contributed by atoms with E-state index in [4.69, 9.17) is 0 Å². The summed E-state index contributed by atoms with van der Waals surface area (Å²) in [6.45, 7) is 0.440. The molecule has 0 aliphatic carbocycles. The summed E-state index contributed by atoms with van der Waals surface area (Å²) < 4.78 is 0.774. The molecule has 0 spiro atoms. The number of likely N-dealkylation sites (N-methyl/N-ethyl adjacent to an activating group) is 1. The molecule has 1 amide bonds. The number of nitrogens with zero attached hydrogens (tertiary/aromatic N) is 1. The number of likely N-dealkylation sites (tertiary alicyclic amines) is 1. The van der Waals surface area contributed by atoms with Crippen molar-refractivity contribution in [1.82, 2.24) is 4.90 Å². The van der Waals surface area contributed by atoms with Gasteiger partial charge in [0.2, 0.25) is 11.4 Å². The van der Waals surface area contributed by atoms with Crippen molar-refractivity contribution in [3.05, 3.63) is 34.3 Å². The van der Waals surface area contributed by atoms with E-state index < -0.39 is 17.3 Å². The molecule has 1 N–H and O–H groups in total. The van der Waals surface area contributed by atoms with Crippen molar-refractivity contribution in [3.63, 3.8) is 0 Å². The van der Waals surface area contributed by atoms with E-state index in [0.717, 1.165) is 4.47 Å². The van der Waals surface area contributed by atoms with Gasteiger partial charge in [-0.05, 0) is 24.0 Å². The summed E-state index contributed by atoms with van der Waals surface area (Å²) in [4.78, 5) is 24.9. The number of carbonyl (C=O) groups excluding carboxylic acids is 2. The monoisotopic (exact) mass is 321 g/mol. The molecule has 1 aromatic carbocycles. The smallest absolute Gasteiger partial charge is 0.267 e. The molecule has 98 valence electrons. The van der Waals surface area contributed by atoms with E-state index >= 15 is 0 Å². The molecule has 1 atom stereocenters. The molecule has 1 saturated heterocycles. The third-order valence-electron chi connectivity index (χ3n) is 2.98. The number of rotatable bonds is 1. The number of hydrogen-bond donors (Lipinski definition) is 1. The Bertz CT molecular complexity index is 602. The molecular weight excluding hydrogens is 310 g/mol. The molecule has 4 nitrogen and oxygen atoms in total. The fourth-order valence-corrected chi connectivity index (χ4v) is 2.23. The summed E-state index contributed by atoms with van der Waals surface area (Å²) in [6.07, 6.45) is 0.223. The molecule has 19 heavy (non-hydrogen) atoms. The molecule has 0 saturated carbocycles. The van der Waals surface area contributed by atoms with Crippen LogP contribution in [0.3, 0.4) is 0 Å². The van der Waals surface area contributed by atoms with Gasteiger partial charge in [0.15, 0.2) is 0 Å². The fraction of sp³-hybridized carbons (Fsp3) is 0.286. The van der Waals surface area contributed by atoms with E-state index in [0.29, 0.717) is 12.1 Å². The quantitative estimate of drug-likeness (QED) is 0.481. The Morgan fingerprint density at radius 1 is 1.53 bits per heavy atom. The Morgan fingerprint density at radius 2 is 2.26 bits per heavy atom. The molecular formula is C14H12BrNO3. The van der Waals surface area contributed by atoms with Crippen molar-refractivity contribution >= 4 is 27.6 Å². The van der Waals surface area contributed by atoms with Gasteiger partial charge in [-0.25, -0.2) is 0 Å². The predicted molar refractivity (Wildman–Crippen MR) is 73.5 cm³/mol. The molecule has 1 unspecified atom stereocenters. The van der Waals surface area contributed by atoms with Gasteiger partial charge in [0.1, 0.15) is 0 Å². The Balaban J connectivity index is 2.21. The third-order valence-corrected chi connectivity index (χ3v) is 3.47. The Morgan fingerprint density at radius 3 is 2.84 bits per heavy atom. The van der Waals surface area contributed by atoms with Gasteiger partial charge in [-0.1, -0.05) is 28.1 Å². The van der Waals surface area contributed by atoms with Gasteiger partial charge in [0.05, 0.1) is 0 Å². The van der Waals surface area contributed by atoms with Crippen LogP contribution in [0.25, 0.3) is 0 Å². The number of Topliss-reactive ketones (excluding diaryl/α,β-unsaturated/α-hetero) is 1. The van der Waals surface area contributed by atoms with Gasteiger partial charge < -0.3 is 10.0 Å². The first-order chi connectivity index (χ1) is 8.92. The molecule has 1 fully saturated rings. The van der Waals surface area contributed by atoms with Crippen molar-refractivity contribution in [2.45, 2.75) is 12.0 Å². The van der Waals surface area contributed by atoms with Gasteiger partial charge >= 0.3 is 0 Å². The molecule has 1 aliphatic rings. The lowest BCUT2D eigenvalue weighted by atomic mass is 10.0. The number of aliphatic hydroxyl groups is 1. The van der Waals surface area contributed by atoms with Crippen LogP contribution in [0, 0.1) is 11.8 Å². The molecule has 0 bridgehead atoms. The van der Waals surface area contributed by atoms with Crippen LogP contribution in [-0.4, -0.2) is 40.9 Å². The van der Waals surface area contributed by atoms with E-state index in [-0.39, 0.29) is 6.42 Å². The number of carbonyl (C=O) groups is 2. The Kier molecular flexibility index (Phi) is 3.74. The number of benzene rings is 1. The zero-order valence-corrected chi connectivity index (χ0v) is 11.9. The third kappa shape index (κ3) is 2.86. The second kappa shape index (κ2) is 5.16. The van der Waals surface area contributed by atoms with Gasteiger partial charge in [0.25, 0.3) is 5.91 Å². The largest absolute Gasteiger partial charge is 0.369 e. The lowest BCUT2D eigenvalue weighted by molar-refractivity contribution is -0.137. The van der Waals surface area contributed by atoms with Crippen LogP contribution in [0.5, 0.6) is 0 Å². The second-order valence-corrected chi connectivity index (χ2v) is 5.34. The van der Waals surface area contributed by atoms with E-state index in [9.17, 15) is 14.7 Å². The van der Waals surface area contributed by atoms with Crippen LogP contribution < -0.4 is 0 Å². The molecule has 5 heteroatoms. The van der Waals surface area contributed by atoms with Gasteiger partial charge in [-0.15, -0.1) is 0 Å². The van der Waals surface area contributed by atoms with Crippen LogP contribution in [0.1, 0.15) is 16.8 Å². The molecule has 1 aliphatic heterocycles. The zero-order chi connectivity index (χ0) is 14.0. The fourth-order valence-electron chi connectivity index (χ4n) is 1.83. The van der Waals surface area contributed by atoms with E-state index in [1.165, 1.54) is 4.90 Å². The van der Waals surface area contributed by atoms with Crippen molar-refractivity contribution < 1.29 is 14.7 Å². The van der Waals surface area contributed by atoms with E-state index in [1.54, 1.807) is 31.3 Å². The van der Waals surface area contributed by atoms with Crippen LogP contribution in [-0.2, 0) is 4.79 Å². The summed E-state index contributed by atoms with van der Waals surface area (Å²) in [5.74, 6) is 3.88. The maximum Gasteiger partial charge on any atom is 0.267 e. The van der Waals surface area contributed by atoms with Crippen molar-refractivity contribution in [2.24, 2.45) is 0 Å². The van der Waals surface area contributed by atoms with Gasteiger partial charge in [-0.2, -0.15) is 0 Å². The van der Waals surface area contributed by atoms with Crippen molar-refractivity contribution in [1.29, 1.82) is 0 Å². The minimum absolute atomic E-state index is 0.223. The van der Waals surface area contributed by atoms with Crippen molar-refractivity contribution in [3.8, 4) is 11.8 Å². The van der Waals surface area contributed by atoms with Crippen LogP contribution >= 0.6 is 15.9 Å². The highest BCUT2D eigenvalue weighted by atomic mass is 79.9. The lowest BCUT2D eigenvalue weighted by Crippen LogP contribution is -2.37. The van der Waals surface area contributed by atoms with E-state index in [2.05, 4.69) is 27.8 Å². The zero-order valence-electron chi connectivity index (χ0n) is 10.3. The summed E-state index contributed by atoms with van der Waals surface area (Å²) in [5.41, 5.74) is -1.31. The second-order valence-electron chi connectivity index (χ2n) is 4.43. The topological polar surface area (TPSA) is 57.6 Å². The summed E-state index contributed by atoms with van der Waals surface area (Å²) in [6, 6.07) is 6.80. The number of amides is 1. The average molecular weight is 322 g/mol. The highest BCUT2D eigenvalue weighted by molar-refractivity contribution is 9.10. The first kappa shape index (κ1) is 13.8.